The van der Waals surface area contributed by atoms with Gasteiger partial charge in [-0.15, -0.1) is 0 Å². The van der Waals surface area contributed by atoms with Crippen molar-refractivity contribution in [2.75, 3.05) is 7.11 Å². The molecular weight excluding hydrogens is 246 g/mol. The van der Waals surface area contributed by atoms with Gasteiger partial charge in [0.05, 0.1) is 7.11 Å². The minimum Gasteiger partial charge on any atom is -0.497 e. The molecule has 0 bridgehead atoms. The maximum Gasteiger partial charge on any atom is 0.492 e. The first-order valence-corrected chi connectivity index (χ1v) is 6.70. The van der Waals surface area contributed by atoms with Gasteiger partial charge in [0.2, 0.25) is 0 Å². The summed E-state index contributed by atoms with van der Waals surface area (Å²) in [6, 6.07) is 2.59. The number of rotatable bonds is 3. The SMILES string of the molecule is CC.CC.COc1cc(F)c(C(C)C)cc1B(O)O. The van der Waals surface area contributed by atoms with Gasteiger partial charge in [-0.2, -0.15) is 0 Å². The third-order valence-electron chi connectivity index (χ3n) is 2.25. The van der Waals surface area contributed by atoms with Crippen LogP contribution in [0.15, 0.2) is 12.1 Å². The molecule has 19 heavy (non-hydrogen) atoms. The van der Waals surface area contributed by atoms with Crippen LogP contribution >= 0.6 is 0 Å². The fourth-order valence-electron chi connectivity index (χ4n) is 1.41. The normalized spacial score (nSPS) is 9.00. The molecule has 3 nitrogen and oxygen atoms in total. The molecule has 1 aromatic rings. The van der Waals surface area contributed by atoms with Gasteiger partial charge in [0, 0.05) is 11.5 Å². The maximum absolute atomic E-state index is 13.5. The summed E-state index contributed by atoms with van der Waals surface area (Å²) in [6.45, 7) is 11.7. The highest BCUT2D eigenvalue weighted by molar-refractivity contribution is 6.59. The summed E-state index contributed by atoms with van der Waals surface area (Å²) >= 11 is 0. The minimum absolute atomic E-state index is 0.0200. The van der Waals surface area contributed by atoms with Gasteiger partial charge in [0.25, 0.3) is 0 Å². The van der Waals surface area contributed by atoms with Crippen molar-refractivity contribution >= 4 is 12.6 Å². The second kappa shape index (κ2) is 10.8. The fourth-order valence-corrected chi connectivity index (χ4v) is 1.41. The molecule has 5 heteroatoms. The molecular formula is C14H26BFO3. The van der Waals surface area contributed by atoms with Gasteiger partial charge >= 0.3 is 7.12 Å². The molecule has 0 unspecified atom stereocenters. The van der Waals surface area contributed by atoms with Crippen molar-refractivity contribution in [2.24, 2.45) is 0 Å². The van der Waals surface area contributed by atoms with E-state index in [1.165, 1.54) is 19.2 Å². The predicted octanol–water partition coefficient (Wildman–Crippen LogP) is 2.69. The Bertz CT molecular complexity index is 355. The quantitative estimate of drug-likeness (QED) is 0.832. The first-order valence-electron chi connectivity index (χ1n) is 6.70. The molecule has 0 saturated heterocycles. The minimum atomic E-state index is -1.65. The average molecular weight is 272 g/mol. The zero-order valence-corrected chi connectivity index (χ0v) is 13.0. The summed E-state index contributed by atoms with van der Waals surface area (Å²) in [6.07, 6.45) is 0. The van der Waals surface area contributed by atoms with Gasteiger partial charge in [0.15, 0.2) is 0 Å². The van der Waals surface area contributed by atoms with Crippen molar-refractivity contribution in [3.05, 3.63) is 23.5 Å². The Morgan fingerprint density at radius 2 is 1.58 bits per heavy atom. The topological polar surface area (TPSA) is 49.7 Å². The van der Waals surface area contributed by atoms with Gasteiger partial charge in [0.1, 0.15) is 11.6 Å². The van der Waals surface area contributed by atoms with Gasteiger partial charge in [-0.1, -0.05) is 47.6 Å². The van der Waals surface area contributed by atoms with Crippen molar-refractivity contribution in [3.63, 3.8) is 0 Å². The van der Waals surface area contributed by atoms with E-state index in [4.69, 9.17) is 14.8 Å². The van der Waals surface area contributed by atoms with E-state index in [1.807, 2.05) is 41.5 Å². The fraction of sp³-hybridized carbons (Fsp3) is 0.571. The maximum atomic E-state index is 13.5. The van der Waals surface area contributed by atoms with E-state index in [0.717, 1.165) is 0 Å². The van der Waals surface area contributed by atoms with Gasteiger partial charge < -0.3 is 14.8 Å². The van der Waals surface area contributed by atoms with E-state index in [2.05, 4.69) is 0 Å². The van der Waals surface area contributed by atoms with Crippen LogP contribution in [0.1, 0.15) is 53.0 Å². The van der Waals surface area contributed by atoms with Gasteiger partial charge in [-0.05, 0) is 11.5 Å². The Morgan fingerprint density at radius 1 is 1.11 bits per heavy atom. The van der Waals surface area contributed by atoms with Crippen LogP contribution in [0.4, 0.5) is 4.39 Å². The van der Waals surface area contributed by atoms with Crippen LogP contribution in [0.3, 0.4) is 0 Å². The summed E-state index contributed by atoms with van der Waals surface area (Å²) in [5.41, 5.74) is 0.626. The Morgan fingerprint density at radius 3 is 1.89 bits per heavy atom. The van der Waals surface area contributed by atoms with Crippen LogP contribution in [0, 0.1) is 5.82 Å². The number of hydrogen-bond donors (Lipinski definition) is 2. The highest BCUT2D eigenvalue weighted by Gasteiger charge is 2.20. The zero-order valence-electron chi connectivity index (χ0n) is 13.0. The molecule has 0 spiro atoms. The monoisotopic (exact) mass is 272 g/mol. The molecule has 0 aromatic heterocycles. The lowest BCUT2D eigenvalue weighted by atomic mass is 9.77. The molecule has 0 radical (unpaired) electrons. The van der Waals surface area contributed by atoms with Crippen LogP contribution in [0.25, 0.3) is 0 Å². The van der Waals surface area contributed by atoms with Crippen molar-refractivity contribution in [3.8, 4) is 5.75 Å². The number of benzene rings is 1. The van der Waals surface area contributed by atoms with Crippen LogP contribution in [-0.4, -0.2) is 24.3 Å². The molecule has 0 aliphatic heterocycles. The van der Waals surface area contributed by atoms with Crippen molar-refractivity contribution < 1.29 is 19.2 Å². The molecule has 0 fully saturated rings. The Balaban J connectivity index is 0. The molecule has 0 amide bonds. The lowest BCUT2D eigenvalue weighted by Crippen LogP contribution is -2.32. The lowest BCUT2D eigenvalue weighted by molar-refractivity contribution is 0.400. The smallest absolute Gasteiger partial charge is 0.492 e. The summed E-state index contributed by atoms with van der Waals surface area (Å²) < 4.78 is 18.4. The first kappa shape index (κ1) is 20.3. The zero-order chi connectivity index (χ0) is 15.6. The Labute approximate surface area is 116 Å². The molecule has 0 aliphatic rings. The molecule has 1 aromatic carbocycles. The van der Waals surface area contributed by atoms with E-state index in [0.29, 0.717) is 5.56 Å². The lowest BCUT2D eigenvalue weighted by Gasteiger charge is -2.13. The molecule has 2 N–H and O–H groups in total. The number of hydrogen-bond acceptors (Lipinski definition) is 3. The van der Waals surface area contributed by atoms with Crippen LogP contribution in [-0.2, 0) is 0 Å². The summed E-state index contributed by atoms with van der Waals surface area (Å²) in [5.74, 6) is -0.272. The van der Waals surface area contributed by atoms with Crippen LogP contribution < -0.4 is 10.2 Å². The number of halogens is 1. The molecule has 1 rings (SSSR count). The third-order valence-corrected chi connectivity index (χ3v) is 2.25. The van der Waals surface area contributed by atoms with Crippen molar-refractivity contribution in [1.82, 2.24) is 0 Å². The average Bonchev–Trinajstić information content (AvgIpc) is 2.42. The molecule has 0 heterocycles. The van der Waals surface area contributed by atoms with E-state index in [-0.39, 0.29) is 17.1 Å². The van der Waals surface area contributed by atoms with Gasteiger partial charge in [-0.25, -0.2) is 4.39 Å². The first-order chi connectivity index (χ1) is 8.97. The number of ether oxygens (including phenoxy) is 1. The van der Waals surface area contributed by atoms with Crippen molar-refractivity contribution in [1.29, 1.82) is 0 Å². The van der Waals surface area contributed by atoms with E-state index < -0.39 is 12.9 Å². The third kappa shape index (κ3) is 6.08. The standard InChI is InChI=1S/C10H14BFO3.2C2H6/c1-6(2)7-4-8(11(13)14)10(15-3)5-9(7)12;2*1-2/h4-6,13-14H,1-3H3;2*1-2H3. The van der Waals surface area contributed by atoms with Gasteiger partial charge in [-0.3, -0.25) is 0 Å². The molecule has 0 aliphatic carbocycles. The van der Waals surface area contributed by atoms with E-state index >= 15 is 0 Å². The second-order valence-electron chi connectivity index (χ2n) is 3.64. The summed E-state index contributed by atoms with van der Waals surface area (Å²) in [7, 11) is -0.298. The van der Waals surface area contributed by atoms with E-state index in [1.54, 1.807) is 0 Å². The highest BCUT2D eigenvalue weighted by Crippen LogP contribution is 2.21. The second-order valence-corrected chi connectivity index (χ2v) is 3.64. The largest absolute Gasteiger partial charge is 0.497 e. The van der Waals surface area contributed by atoms with Crippen molar-refractivity contribution in [2.45, 2.75) is 47.5 Å². The molecule has 0 atom stereocenters. The Hall–Kier alpha value is -1.07. The number of methoxy groups -OCH3 is 1. The predicted molar refractivity (Wildman–Crippen MR) is 79.6 cm³/mol. The summed E-state index contributed by atoms with van der Waals surface area (Å²) in [5, 5.41) is 18.2. The van der Waals surface area contributed by atoms with E-state index in [9.17, 15) is 4.39 Å². The van der Waals surface area contributed by atoms with Crippen LogP contribution in [0.5, 0.6) is 5.75 Å². The summed E-state index contributed by atoms with van der Waals surface area (Å²) in [4.78, 5) is 0. The molecule has 110 valence electrons. The highest BCUT2D eigenvalue weighted by atomic mass is 19.1. The molecule has 0 saturated carbocycles. The van der Waals surface area contributed by atoms with Crippen LogP contribution in [0.2, 0.25) is 0 Å². The Kier molecular flexibility index (Phi) is 11.5.